The lowest BCUT2D eigenvalue weighted by atomic mass is 10.2. The molecule has 0 aliphatic carbocycles. The van der Waals surface area contributed by atoms with Crippen LogP contribution in [0.25, 0.3) is 0 Å². The quantitative estimate of drug-likeness (QED) is 0.521. The first kappa shape index (κ1) is 19.4. The van der Waals surface area contributed by atoms with Gasteiger partial charge in [0, 0.05) is 10.9 Å². The van der Waals surface area contributed by atoms with E-state index in [9.17, 15) is 9.59 Å². The van der Waals surface area contributed by atoms with Gasteiger partial charge in [-0.1, -0.05) is 22.9 Å². The Hall–Kier alpha value is -1.67. The molecule has 8 heteroatoms. The van der Waals surface area contributed by atoms with Gasteiger partial charge < -0.3 is 4.74 Å². The maximum atomic E-state index is 12.3. The van der Waals surface area contributed by atoms with Crippen molar-refractivity contribution in [2.45, 2.75) is 39.7 Å². The number of thiocarbonyl (C=S) groups is 1. The number of amides is 2. The average Bonchev–Trinajstić information content (AvgIpc) is 2.46. The van der Waals surface area contributed by atoms with E-state index in [1.807, 2.05) is 20.8 Å². The lowest BCUT2D eigenvalue weighted by molar-refractivity contribution is -0.121. The van der Waals surface area contributed by atoms with E-state index in [-0.39, 0.29) is 17.1 Å². The third-order valence-corrected chi connectivity index (χ3v) is 3.27. The minimum Gasteiger partial charge on any atom is -0.490 e. The Balaban J connectivity index is 2.71. The normalized spacial score (nSPS) is 10.1. The Labute approximate surface area is 149 Å². The van der Waals surface area contributed by atoms with Crippen molar-refractivity contribution in [3.63, 3.8) is 0 Å². The Morgan fingerprint density at radius 2 is 2.00 bits per heavy atom. The molecule has 0 bridgehead atoms. The van der Waals surface area contributed by atoms with Gasteiger partial charge in [-0.3, -0.25) is 25.8 Å². The summed E-state index contributed by atoms with van der Waals surface area (Å²) in [6.45, 7) is 5.64. The van der Waals surface area contributed by atoms with E-state index in [0.717, 1.165) is 10.9 Å². The molecule has 1 aromatic rings. The maximum absolute atomic E-state index is 12.3. The Bertz CT molecular complexity index is 593. The van der Waals surface area contributed by atoms with E-state index in [1.54, 1.807) is 18.2 Å². The summed E-state index contributed by atoms with van der Waals surface area (Å²) in [5, 5.41) is 2.51. The number of hydrogen-bond donors (Lipinski definition) is 3. The molecule has 0 aliphatic heterocycles. The second-order valence-corrected chi connectivity index (χ2v) is 6.34. The molecule has 0 fully saturated rings. The molecule has 0 radical (unpaired) electrons. The van der Waals surface area contributed by atoms with Crippen LogP contribution in [0, 0.1) is 0 Å². The summed E-state index contributed by atoms with van der Waals surface area (Å²) < 4.78 is 6.36. The van der Waals surface area contributed by atoms with Gasteiger partial charge >= 0.3 is 0 Å². The van der Waals surface area contributed by atoms with Gasteiger partial charge in [-0.2, -0.15) is 0 Å². The van der Waals surface area contributed by atoms with Crippen molar-refractivity contribution in [2.24, 2.45) is 0 Å². The van der Waals surface area contributed by atoms with E-state index in [2.05, 4.69) is 32.1 Å². The molecule has 0 heterocycles. The zero-order chi connectivity index (χ0) is 17.4. The highest BCUT2D eigenvalue weighted by molar-refractivity contribution is 9.10. The molecule has 2 amide bonds. The van der Waals surface area contributed by atoms with Crippen molar-refractivity contribution >= 4 is 45.1 Å². The predicted molar refractivity (Wildman–Crippen MR) is 96.2 cm³/mol. The molecule has 1 aromatic carbocycles. The Kier molecular flexibility index (Phi) is 7.97. The molecular formula is C15H20BrN3O3S. The van der Waals surface area contributed by atoms with Crippen molar-refractivity contribution in [1.82, 2.24) is 16.2 Å². The maximum Gasteiger partial charge on any atom is 0.261 e. The molecule has 3 N–H and O–H groups in total. The van der Waals surface area contributed by atoms with Crippen LogP contribution in [0.4, 0.5) is 0 Å². The van der Waals surface area contributed by atoms with Crippen LogP contribution in [0.5, 0.6) is 5.75 Å². The summed E-state index contributed by atoms with van der Waals surface area (Å²) in [6, 6.07) is 5.14. The molecular weight excluding hydrogens is 382 g/mol. The fourth-order valence-electron chi connectivity index (χ4n) is 1.65. The second kappa shape index (κ2) is 9.46. The number of hydrazine groups is 1. The first-order chi connectivity index (χ1) is 10.8. The highest BCUT2D eigenvalue weighted by Gasteiger charge is 2.15. The molecule has 0 unspecified atom stereocenters. The van der Waals surface area contributed by atoms with E-state index >= 15 is 0 Å². The van der Waals surface area contributed by atoms with Gasteiger partial charge in [0.2, 0.25) is 5.91 Å². The summed E-state index contributed by atoms with van der Waals surface area (Å²) in [7, 11) is 0. The van der Waals surface area contributed by atoms with Gasteiger partial charge in [-0.15, -0.1) is 0 Å². The molecule has 6 nitrogen and oxygen atoms in total. The fourth-order valence-corrected chi connectivity index (χ4v) is 2.16. The van der Waals surface area contributed by atoms with Gasteiger partial charge in [-0.05, 0) is 50.7 Å². The standard InChI is InChI=1S/C15H20BrN3O3S/c1-4-5-13(20)18-19-15(23)17-14(21)11-8-10(16)6-7-12(11)22-9(2)3/h6-9H,4-5H2,1-3H3,(H,18,20)(H2,17,19,21,23). The number of rotatable bonds is 5. The van der Waals surface area contributed by atoms with Gasteiger partial charge in [0.1, 0.15) is 5.75 Å². The van der Waals surface area contributed by atoms with Crippen molar-refractivity contribution in [1.29, 1.82) is 0 Å². The molecule has 0 aromatic heterocycles. The number of nitrogens with one attached hydrogen (secondary N) is 3. The highest BCUT2D eigenvalue weighted by Crippen LogP contribution is 2.24. The monoisotopic (exact) mass is 401 g/mol. The van der Waals surface area contributed by atoms with Crippen LogP contribution in [-0.4, -0.2) is 23.0 Å². The van der Waals surface area contributed by atoms with Gasteiger partial charge in [-0.25, -0.2) is 0 Å². The number of benzene rings is 1. The third kappa shape index (κ3) is 6.96. The first-order valence-electron chi connectivity index (χ1n) is 7.19. The van der Waals surface area contributed by atoms with Crippen molar-refractivity contribution in [3.05, 3.63) is 28.2 Å². The summed E-state index contributed by atoms with van der Waals surface area (Å²) >= 11 is 8.31. The molecule has 0 saturated heterocycles. The number of carbonyl (C=O) groups is 2. The van der Waals surface area contributed by atoms with Crippen LogP contribution in [0.2, 0.25) is 0 Å². The Morgan fingerprint density at radius 3 is 2.61 bits per heavy atom. The molecule has 0 spiro atoms. The number of hydrogen-bond acceptors (Lipinski definition) is 4. The topological polar surface area (TPSA) is 79.5 Å². The number of ether oxygens (including phenoxy) is 1. The van der Waals surface area contributed by atoms with Crippen LogP contribution in [0.3, 0.4) is 0 Å². The largest absolute Gasteiger partial charge is 0.490 e. The highest BCUT2D eigenvalue weighted by atomic mass is 79.9. The summed E-state index contributed by atoms with van der Waals surface area (Å²) in [5.74, 6) is -0.168. The summed E-state index contributed by atoms with van der Waals surface area (Å²) in [4.78, 5) is 23.7. The van der Waals surface area contributed by atoms with E-state index in [0.29, 0.717) is 17.7 Å². The number of carbonyl (C=O) groups excluding carboxylic acids is 2. The molecule has 0 atom stereocenters. The van der Waals surface area contributed by atoms with Crippen LogP contribution < -0.4 is 20.9 Å². The van der Waals surface area contributed by atoms with E-state index < -0.39 is 5.91 Å². The zero-order valence-electron chi connectivity index (χ0n) is 13.2. The van der Waals surface area contributed by atoms with Crippen LogP contribution in [0.1, 0.15) is 44.0 Å². The minimum absolute atomic E-state index is 0.00919. The van der Waals surface area contributed by atoms with Crippen molar-refractivity contribution in [3.8, 4) is 5.75 Å². The lowest BCUT2D eigenvalue weighted by Crippen LogP contribution is -2.48. The molecule has 23 heavy (non-hydrogen) atoms. The van der Waals surface area contributed by atoms with Crippen molar-refractivity contribution < 1.29 is 14.3 Å². The van der Waals surface area contributed by atoms with E-state index in [1.165, 1.54) is 0 Å². The smallest absolute Gasteiger partial charge is 0.261 e. The predicted octanol–water partition coefficient (Wildman–Crippen LogP) is 2.67. The fraction of sp³-hybridized carbons (Fsp3) is 0.400. The first-order valence-corrected chi connectivity index (χ1v) is 8.40. The average molecular weight is 402 g/mol. The van der Waals surface area contributed by atoms with Gasteiger partial charge in [0.15, 0.2) is 5.11 Å². The second-order valence-electron chi connectivity index (χ2n) is 5.01. The van der Waals surface area contributed by atoms with Crippen LogP contribution >= 0.6 is 28.1 Å². The van der Waals surface area contributed by atoms with Gasteiger partial charge in [0.25, 0.3) is 5.91 Å². The Morgan fingerprint density at radius 1 is 1.30 bits per heavy atom. The summed E-state index contributed by atoms with van der Waals surface area (Å²) in [6.07, 6.45) is 1.03. The molecule has 0 saturated carbocycles. The van der Waals surface area contributed by atoms with Crippen LogP contribution in [-0.2, 0) is 4.79 Å². The van der Waals surface area contributed by atoms with Crippen LogP contribution in [0.15, 0.2) is 22.7 Å². The minimum atomic E-state index is -0.427. The lowest BCUT2D eigenvalue weighted by Gasteiger charge is -2.15. The molecule has 126 valence electrons. The van der Waals surface area contributed by atoms with Crippen molar-refractivity contribution in [2.75, 3.05) is 0 Å². The van der Waals surface area contributed by atoms with Gasteiger partial charge in [0.05, 0.1) is 11.7 Å². The number of halogens is 1. The zero-order valence-corrected chi connectivity index (χ0v) is 15.6. The third-order valence-electron chi connectivity index (χ3n) is 2.57. The SMILES string of the molecule is CCCC(=O)NNC(=S)NC(=O)c1cc(Br)ccc1OC(C)C. The van der Waals surface area contributed by atoms with E-state index in [4.69, 9.17) is 17.0 Å². The summed E-state index contributed by atoms with van der Waals surface area (Å²) in [5.41, 5.74) is 5.25. The molecule has 0 aliphatic rings. The molecule has 1 rings (SSSR count).